The SMILES string of the molecule is CC(CCC(=O)O)NC(=O)C1CCCN1S(=O)(=O)c1cccs1. The van der Waals surface area contributed by atoms with Gasteiger partial charge in [0, 0.05) is 19.0 Å². The minimum absolute atomic E-state index is 0.0384. The van der Waals surface area contributed by atoms with E-state index in [2.05, 4.69) is 5.32 Å². The van der Waals surface area contributed by atoms with Crippen molar-refractivity contribution in [2.24, 2.45) is 0 Å². The van der Waals surface area contributed by atoms with Gasteiger partial charge in [-0.15, -0.1) is 11.3 Å². The Labute approximate surface area is 139 Å². The van der Waals surface area contributed by atoms with Crippen LogP contribution in [-0.4, -0.2) is 48.3 Å². The fourth-order valence-corrected chi connectivity index (χ4v) is 5.34. The molecule has 7 nitrogen and oxygen atoms in total. The molecule has 2 unspecified atom stereocenters. The summed E-state index contributed by atoms with van der Waals surface area (Å²) in [5, 5.41) is 13.1. The van der Waals surface area contributed by atoms with E-state index in [4.69, 9.17) is 5.11 Å². The maximum Gasteiger partial charge on any atom is 0.303 e. The summed E-state index contributed by atoms with van der Waals surface area (Å²) in [5.74, 6) is -1.28. The Morgan fingerprint density at radius 2 is 2.26 bits per heavy atom. The molecule has 128 valence electrons. The van der Waals surface area contributed by atoms with Crippen LogP contribution in [-0.2, 0) is 19.6 Å². The molecule has 1 aliphatic rings. The van der Waals surface area contributed by atoms with Crippen LogP contribution in [0.2, 0.25) is 0 Å². The molecule has 9 heteroatoms. The van der Waals surface area contributed by atoms with Crippen LogP contribution in [0.3, 0.4) is 0 Å². The van der Waals surface area contributed by atoms with Crippen molar-refractivity contribution < 1.29 is 23.1 Å². The van der Waals surface area contributed by atoms with Gasteiger partial charge >= 0.3 is 5.97 Å². The van der Waals surface area contributed by atoms with Crippen molar-refractivity contribution in [2.45, 2.75) is 48.9 Å². The lowest BCUT2D eigenvalue weighted by atomic mass is 10.1. The van der Waals surface area contributed by atoms with Crippen molar-refractivity contribution in [3.05, 3.63) is 17.5 Å². The highest BCUT2D eigenvalue weighted by Gasteiger charge is 2.40. The van der Waals surface area contributed by atoms with Crippen molar-refractivity contribution >= 4 is 33.2 Å². The summed E-state index contributed by atoms with van der Waals surface area (Å²) in [4.78, 5) is 22.9. The highest BCUT2D eigenvalue weighted by Crippen LogP contribution is 2.28. The van der Waals surface area contributed by atoms with Crippen LogP contribution in [0.25, 0.3) is 0 Å². The Hall–Kier alpha value is -1.45. The van der Waals surface area contributed by atoms with Crippen LogP contribution in [0, 0.1) is 0 Å². The minimum atomic E-state index is -3.65. The zero-order valence-electron chi connectivity index (χ0n) is 12.8. The first kappa shape index (κ1) is 17.9. The Morgan fingerprint density at radius 1 is 1.52 bits per heavy atom. The Morgan fingerprint density at radius 3 is 2.87 bits per heavy atom. The lowest BCUT2D eigenvalue weighted by Gasteiger charge is -2.24. The first-order valence-corrected chi connectivity index (χ1v) is 9.72. The monoisotopic (exact) mass is 360 g/mol. The second kappa shape index (κ2) is 7.41. The van der Waals surface area contributed by atoms with Crippen LogP contribution in [0.15, 0.2) is 21.7 Å². The van der Waals surface area contributed by atoms with Crippen molar-refractivity contribution in [1.29, 1.82) is 0 Å². The summed E-state index contributed by atoms with van der Waals surface area (Å²) >= 11 is 1.13. The van der Waals surface area contributed by atoms with Crippen molar-refractivity contribution in [1.82, 2.24) is 9.62 Å². The van der Waals surface area contributed by atoms with E-state index >= 15 is 0 Å². The van der Waals surface area contributed by atoms with E-state index < -0.39 is 22.0 Å². The molecular weight excluding hydrogens is 340 g/mol. The van der Waals surface area contributed by atoms with Crippen LogP contribution in [0.1, 0.15) is 32.6 Å². The predicted molar refractivity (Wildman–Crippen MR) is 85.7 cm³/mol. The van der Waals surface area contributed by atoms with Gasteiger partial charge in [0.1, 0.15) is 10.3 Å². The number of aliphatic carboxylic acids is 1. The molecule has 1 saturated heterocycles. The minimum Gasteiger partial charge on any atom is -0.481 e. The number of nitrogens with one attached hydrogen (secondary N) is 1. The lowest BCUT2D eigenvalue weighted by Crippen LogP contribution is -2.48. The third kappa shape index (κ3) is 4.30. The van der Waals surface area contributed by atoms with Gasteiger partial charge < -0.3 is 10.4 Å². The smallest absolute Gasteiger partial charge is 0.303 e. The average molecular weight is 360 g/mol. The molecule has 0 bridgehead atoms. The zero-order valence-corrected chi connectivity index (χ0v) is 14.4. The normalized spacial score (nSPS) is 20.3. The molecule has 0 aromatic carbocycles. The molecule has 1 aromatic rings. The van der Waals surface area contributed by atoms with Gasteiger partial charge in [0.2, 0.25) is 5.91 Å². The van der Waals surface area contributed by atoms with Gasteiger partial charge in [-0.05, 0) is 37.6 Å². The number of nitrogens with zero attached hydrogens (tertiary/aromatic N) is 1. The van der Waals surface area contributed by atoms with E-state index in [1.165, 1.54) is 10.4 Å². The fraction of sp³-hybridized carbons (Fsp3) is 0.571. The fourth-order valence-electron chi connectivity index (χ4n) is 2.57. The summed E-state index contributed by atoms with van der Waals surface area (Å²) in [6, 6.07) is 2.15. The average Bonchev–Trinajstić information content (AvgIpc) is 3.16. The van der Waals surface area contributed by atoms with Crippen LogP contribution in [0.5, 0.6) is 0 Å². The van der Waals surface area contributed by atoms with E-state index in [-0.39, 0.29) is 22.6 Å². The molecule has 1 aliphatic heterocycles. The van der Waals surface area contributed by atoms with Crippen LogP contribution in [0.4, 0.5) is 0 Å². The standard InChI is InChI=1S/C14H20N2O5S2/c1-10(6-7-12(17)18)15-14(19)11-4-2-8-16(11)23(20,21)13-5-3-9-22-13/h3,5,9-11H,2,4,6-8H2,1H3,(H,15,19)(H,17,18). The third-order valence-corrected chi connectivity index (χ3v) is 7.03. The first-order valence-electron chi connectivity index (χ1n) is 7.40. The third-order valence-electron chi connectivity index (χ3n) is 3.74. The first-order chi connectivity index (χ1) is 10.8. The highest BCUT2D eigenvalue weighted by atomic mass is 32.2. The van der Waals surface area contributed by atoms with E-state index in [1.807, 2.05) is 0 Å². The summed E-state index contributed by atoms with van der Waals surface area (Å²) in [7, 11) is -3.65. The molecule has 2 heterocycles. The van der Waals surface area contributed by atoms with Crippen molar-refractivity contribution in [3.63, 3.8) is 0 Å². The molecule has 0 aliphatic carbocycles. The maximum absolute atomic E-state index is 12.6. The van der Waals surface area contributed by atoms with E-state index in [0.717, 1.165) is 11.3 Å². The van der Waals surface area contributed by atoms with Crippen molar-refractivity contribution in [3.8, 4) is 0 Å². The molecule has 0 saturated carbocycles. The highest BCUT2D eigenvalue weighted by molar-refractivity contribution is 7.91. The number of thiophene rings is 1. The second-order valence-electron chi connectivity index (χ2n) is 5.55. The number of carboxylic acids is 1. The molecule has 2 N–H and O–H groups in total. The maximum atomic E-state index is 12.6. The number of amides is 1. The summed E-state index contributed by atoms with van der Waals surface area (Å²) in [5.41, 5.74) is 0. The number of carbonyl (C=O) groups excluding carboxylic acids is 1. The molecule has 23 heavy (non-hydrogen) atoms. The number of rotatable bonds is 7. The predicted octanol–water partition coefficient (Wildman–Crippen LogP) is 1.27. The largest absolute Gasteiger partial charge is 0.481 e. The van der Waals surface area contributed by atoms with Gasteiger partial charge in [-0.3, -0.25) is 9.59 Å². The summed E-state index contributed by atoms with van der Waals surface area (Å²) in [6.07, 6.45) is 1.38. The number of hydrogen-bond acceptors (Lipinski definition) is 5. The Balaban J connectivity index is 2.04. The van der Waals surface area contributed by atoms with Gasteiger partial charge in [0.25, 0.3) is 10.0 Å². The van der Waals surface area contributed by atoms with Gasteiger partial charge in [-0.25, -0.2) is 8.42 Å². The molecule has 1 aromatic heterocycles. The quantitative estimate of drug-likeness (QED) is 0.762. The zero-order chi connectivity index (χ0) is 17.0. The molecule has 1 amide bonds. The number of hydrogen-bond donors (Lipinski definition) is 2. The van der Waals surface area contributed by atoms with E-state index in [1.54, 1.807) is 18.4 Å². The van der Waals surface area contributed by atoms with Gasteiger partial charge in [-0.1, -0.05) is 6.07 Å². The van der Waals surface area contributed by atoms with E-state index in [0.29, 0.717) is 25.8 Å². The van der Waals surface area contributed by atoms with Crippen LogP contribution >= 0.6 is 11.3 Å². The molecule has 0 radical (unpaired) electrons. The number of sulfonamides is 1. The number of carboxylic acid groups (broad SMARTS) is 1. The van der Waals surface area contributed by atoms with Gasteiger partial charge in [0.05, 0.1) is 0 Å². The molecular formula is C14H20N2O5S2. The lowest BCUT2D eigenvalue weighted by molar-refractivity contribution is -0.137. The van der Waals surface area contributed by atoms with Gasteiger partial charge in [-0.2, -0.15) is 4.31 Å². The molecule has 2 atom stereocenters. The Kier molecular flexibility index (Phi) is 5.77. The van der Waals surface area contributed by atoms with Crippen molar-refractivity contribution in [2.75, 3.05) is 6.54 Å². The van der Waals surface area contributed by atoms with Gasteiger partial charge in [0.15, 0.2) is 0 Å². The second-order valence-corrected chi connectivity index (χ2v) is 8.61. The van der Waals surface area contributed by atoms with Crippen LogP contribution < -0.4 is 5.32 Å². The number of carbonyl (C=O) groups is 2. The molecule has 0 spiro atoms. The summed E-state index contributed by atoms with van der Waals surface area (Å²) < 4.78 is 26.7. The topological polar surface area (TPSA) is 104 Å². The van der Waals surface area contributed by atoms with E-state index in [9.17, 15) is 18.0 Å². The Bertz CT molecular complexity index is 657. The molecule has 1 fully saturated rings. The summed E-state index contributed by atoms with van der Waals surface area (Å²) in [6.45, 7) is 2.04. The molecule has 2 rings (SSSR count).